The van der Waals surface area contributed by atoms with E-state index in [-0.39, 0.29) is 24.0 Å². The smallest absolute Gasteiger partial charge is 0.190 e. The molecule has 0 aromatic carbocycles. The predicted octanol–water partition coefficient (Wildman–Crippen LogP) is 1.61. The second-order valence-corrected chi connectivity index (χ2v) is 4.00. The first-order valence-corrected chi connectivity index (χ1v) is 5.80. The van der Waals surface area contributed by atoms with Gasteiger partial charge in [-0.2, -0.15) is 0 Å². The van der Waals surface area contributed by atoms with Gasteiger partial charge in [0, 0.05) is 33.9 Å². The summed E-state index contributed by atoms with van der Waals surface area (Å²) in [7, 11) is 3.53. The summed E-state index contributed by atoms with van der Waals surface area (Å²) < 4.78 is 4.98. The molecule has 1 aliphatic rings. The maximum atomic E-state index is 4.98. The van der Waals surface area contributed by atoms with Crippen LogP contribution < -0.4 is 10.6 Å². The molecule has 0 radical (unpaired) electrons. The van der Waals surface area contributed by atoms with Crippen LogP contribution in [0.2, 0.25) is 0 Å². The maximum Gasteiger partial charge on any atom is 0.190 e. The molecule has 4 nitrogen and oxygen atoms in total. The van der Waals surface area contributed by atoms with Gasteiger partial charge in [0.05, 0.1) is 0 Å². The molecular weight excluding hydrogens is 317 g/mol. The fraction of sp³-hybridized carbons (Fsp3) is 0.909. The van der Waals surface area contributed by atoms with Crippen LogP contribution in [0.5, 0.6) is 0 Å². The lowest BCUT2D eigenvalue weighted by atomic mass is 10.3. The van der Waals surface area contributed by atoms with E-state index in [0.717, 1.165) is 38.0 Å². The average Bonchev–Trinajstić information content (AvgIpc) is 3.05. The van der Waals surface area contributed by atoms with E-state index in [1.165, 1.54) is 19.3 Å². The number of hydrogen-bond acceptors (Lipinski definition) is 2. The number of aliphatic imine (C=N–C) groups is 1. The minimum Gasteiger partial charge on any atom is -0.385 e. The summed E-state index contributed by atoms with van der Waals surface area (Å²) in [5.74, 6) is 1.89. The van der Waals surface area contributed by atoms with Gasteiger partial charge in [-0.3, -0.25) is 4.99 Å². The van der Waals surface area contributed by atoms with Crippen molar-refractivity contribution in [1.29, 1.82) is 0 Å². The molecule has 96 valence electrons. The van der Waals surface area contributed by atoms with Crippen LogP contribution in [-0.2, 0) is 4.74 Å². The van der Waals surface area contributed by atoms with Gasteiger partial charge < -0.3 is 15.4 Å². The van der Waals surface area contributed by atoms with E-state index in [9.17, 15) is 0 Å². The van der Waals surface area contributed by atoms with E-state index < -0.39 is 0 Å². The van der Waals surface area contributed by atoms with Crippen molar-refractivity contribution < 1.29 is 4.74 Å². The third kappa shape index (κ3) is 8.15. The van der Waals surface area contributed by atoms with Crippen LogP contribution in [0, 0.1) is 5.92 Å². The van der Waals surface area contributed by atoms with Gasteiger partial charge in [-0.25, -0.2) is 0 Å². The van der Waals surface area contributed by atoms with E-state index in [2.05, 4.69) is 15.6 Å². The summed E-state index contributed by atoms with van der Waals surface area (Å²) in [6.07, 6.45) is 5.13. The van der Waals surface area contributed by atoms with Crippen molar-refractivity contribution in [2.45, 2.75) is 25.7 Å². The first kappa shape index (κ1) is 16.0. The molecule has 1 saturated carbocycles. The molecule has 0 aliphatic heterocycles. The summed E-state index contributed by atoms with van der Waals surface area (Å²) in [5, 5.41) is 6.57. The van der Waals surface area contributed by atoms with Crippen LogP contribution >= 0.6 is 24.0 Å². The summed E-state index contributed by atoms with van der Waals surface area (Å²) in [6.45, 7) is 2.75. The second-order valence-electron chi connectivity index (χ2n) is 4.00. The number of nitrogens with zero attached hydrogens (tertiary/aromatic N) is 1. The van der Waals surface area contributed by atoms with Crippen molar-refractivity contribution in [3.05, 3.63) is 0 Å². The Morgan fingerprint density at radius 1 is 1.31 bits per heavy atom. The monoisotopic (exact) mass is 341 g/mol. The Morgan fingerprint density at radius 3 is 2.56 bits per heavy atom. The molecule has 5 heteroatoms. The molecular formula is C11H24IN3O. The average molecular weight is 341 g/mol. The summed E-state index contributed by atoms with van der Waals surface area (Å²) in [5.41, 5.74) is 0. The lowest BCUT2D eigenvalue weighted by Crippen LogP contribution is -2.38. The summed E-state index contributed by atoms with van der Waals surface area (Å²) >= 11 is 0. The number of hydrogen-bond donors (Lipinski definition) is 2. The van der Waals surface area contributed by atoms with Crippen LogP contribution in [0.1, 0.15) is 25.7 Å². The van der Waals surface area contributed by atoms with Crippen molar-refractivity contribution in [3.8, 4) is 0 Å². The van der Waals surface area contributed by atoms with E-state index in [0.29, 0.717) is 0 Å². The Kier molecular flexibility index (Phi) is 10.1. The van der Waals surface area contributed by atoms with Crippen LogP contribution in [0.3, 0.4) is 0 Å². The normalized spacial score (nSPS) is 15.5. The first-order valence-electron chi connectivity index (χ1n) is 5.80. The first-order chi connectivity index (χ1) is 7.36. The minimum absolute atomic E-state index is 0. The van der Waals surface area contributed by atoms with Crippen molar-refractivity contribution in [3.63, 3.8) is 0 Å². The Bertz CT molecular complexity index is 196. The molecule has 16 heavy (non-hydrogen) atoms. The molecule has 0 aromatic rings. The molecule has 0 amide bonds. The molecule has 0 aromatic heterocycles. The Hall–Kier alpha value is -0.0400. The van der Waals surface area contributed by atoms with Crippen LogP contribution in [0.4, 0.5) is 0 Å². The summed E-state index contributed by atoms with van der Waals surface area (Å²) in [6, 6.07) is 0. The fourth-order valence-corrected chi connectivity index (χ4v) is 1.45. The molecule has 0 saturated heterocycles. The molecule has 1 fully saturated rings. The zero-order valence-corrected chi connectivity index (χ0v) is 12.6. The number of guanidine groups is 1. The highest BCUT2D eigenvalue weighted by atomic mass is 127. The van der Waals surface area contributed by atoms with Crippen LogP contribution in [0.15, 0.2) is 4.99 Å². The van der Waals surface area contributed by atoms with Crippen molar-refractivity contribution in [1.82, 2.24) is 10.6 Å². The van der Waals surface area contributed by atoms with Gasteiger partial charge in [-0.05, 0) is 18.8 Å². The molecule has 0 bridgehead atoms. The molecule has 0 spiro atoms. The van der Waals surface area contributed by atoms with Crippen molar-refractivity contribution in [2.75, 3.05) is 33.9 Å². The Labute approximate surface area is 116 Å². The van der Waals surface area contributed by atoms with Crippen LogP contribution in [0.25, 0.3) is 0 Å². The fourth-order valence-electron chi connectivity index (χ4n) is 1.45. The highest BCUT2D eigenvalue weighted by Gasteiger charge is 2.20. The van der Waals surface area contributed by atoms with Crippen molar-refractivity contribution >= 4 is 29.9 Å². The highest BCUT2D eigenvalue weighted by molar-refractivity contribution is 14.0. The van der Waals surface area contributed by atoms with Gasteiger partial charge >= 0.3 is 0 Å². The third-order valence-corrected chi connectivity index (χ3v) is 2.58. The van der Waals surface area contributed by atoms with Gasteiger partial charge in [-0.15, -0.1) is 24.0 Å². The zero-order chi connectivity index (χ0) is 10.9. The molecule has 1 rings (SSSR count). The Balaban J connectivity index is 0.00000225. The lowest BCUT2D eigenvalue weighted by molar-refractivity contribution is 0.195. The molecule has 0 unspecified atom stereocenters. The maximum absolute atomic E-state index is 4.98. The molecule has 0 atom stereocenters. The zero-order valence-electron chi connectivity index (χ0n) is 10.3. The largest absolute Gasteiger partial charge is 0.385 e. The highest BCUT2D eigenvalue weighted by Crippen LogP contribution is 2.31. The standard InChI is InChI=1S/C11H23N3O.HI/c1-12-11(13-7-3-9-15-2)14-8-6-10-4-5-10;/h10H,3-9H2,1-2H3,(H2,12,13,14);1H. The van der Waals surface area contributed by atoms with E-state index >= 15 is 0 Å². The number of rotatable bonds is 7. The number of nitrogens with one attached hydrogen (secondary N) is 2. The van der Waals surface area contributed by atoms with Crippen molar-refractivity contribution in [2.24, 2.45) is 10.9 Å². The van der Waals surface area contributed by atoms with E-state index in [1.807, 2.05) is 7.05 Å². The van der Waals surface area contributed by atoms with Gasteiger partial charge in [0.15, 0.2) is 5.96 Å². The quantitative estimate of drug-likeness (QED) is 0.320. The van der Waals surface area contributed by atoms with Gasteiger partial charge in [0.2, 0.25) is 0 Å². The third-order valence-electron chi connectivity index (χ3n) is 2.58. The lowest BCUT2D eigenvalue weighted by Gasteiger charge is -2.11. The molecule has 2 N–H and O–H groups in total. The molecule has 1 aliphatic carbocycles. The second kappa shape index (κ2) is 10.1. The Morgan fingerprint density at radius 2 is 2.00 bits per heavy atom. The van der Waals surface area contributed by atoms with Gasteiger partial charge in [-0.1, -0.05) is 12.8 Å². The molecule has 0 heterocycles. The minimum atomic E-state index is 0. The SMILES string of the molecule is CN=C(NCCCOC)NCCC1CC1.I. The van der Waals surface area contributed by atoms with Crippen LogP contribution in [-0.4, -0.2) is 39.8 Å². The van der Waals surface area contributed by atoms with Gasteiger partial charge in [0.1, 0.15) is 0 Å². The van der Waals surface area contributed by atoms with E-state index in [4.69, 9.17) is 4.74 Å². The number of halogens is 1. The number of ether oxygens (including phenoxy) is 1. The van der Waals surface area contributed by atoms with E-state index in [1.54, 1.807) is 7.11 Å². The topological polar surface area (TPSA) is 45.7 Å². The number of methoxy groups -OCH3 is 1. The summed E-state index contributed by atoms with van der Waals surface area (Å²) in [4.78, 5) is 4.16. The van der Waals surface area contributed by atoms with Gasteiger partial charge in [0.25, 0.3) is 0 Å². The predicted molar refractivity (Wildman–Crippen MR) is 78.6 cm³/mol.